The average Bonchev–Trinajstić information content (AvgIpc) is 2.13. The molecule has 2 nitrogen and oxygen atoms in total. The summed E-state index contributed by atoms with van der Waals surface area (Å²) in [5, 5.41) is 7.04. The molecule has 1 saturated carbocycles. The number of nitrogens with one attached hydrogen (secondary N) is 2. The maximum Gasteiger partial charge on any atom is 0.00103 e. The van der Waals surface area contributed by atoms with Crippen LogP contribution in [-0.2, 0) is 0 Å². The fourth-order valence-electron chi connectivity index (χ4n) is 2.11. The molecule has 0 bridgehead atoms. The van der Waals surface area contributed by atoms with Gasteiger partial charge in [0.15, 0.2) is 0 Å². The van der Waals surface area contributed by atoms with Gasteiger partial charge in [-0.15, -0.1) is 0 Å². The Kier molecular flexibility index (Phi) is 5.62. The lowest BCUT2D eigenvalue weighted by Crippen LogP contribution is -2.37. The van der Waals surface area contributed by atoms with E-state index in [0.29, 0.717) is 11.5 Å². The first-order valence-corrected chi connectivity index (χ1v) is 6.56. The lowest BCUT2D eigenvalue weighted by Gasteiger charge is -2.38. The molecule has 1 rings (SSSR count). The number of rotatable bonds is 8. The van der Waals surface area contributed by atoms with Gasteiger partial charge in [0.25, 0.3) is 0 Å². The lowest BCUT2D eigenvalue weighted by atomic mass is 9.70. The van der Waals surface area contributed by atoms with Gasteiger partial charge in [0.1, 0.15) is 0 Å². The Hall–Kier alpha value is -0.0800. The SMILES string of the molecule is CC(C)NCCCCNCC1(C)CCC1. The number of hydrogen-bond acceptors (Lipinski definition) is 2. The zero-order valence-corrected chi connectivity index (χ0v) is 10.7. The number of hydrogen-bond donors (Lipinski definition) is 2. The Morgan fingerprint density at radius 2 is 1.80 bits per heavy atom. The van der Waals surface area contributed by atoms with Crippen LogP contribution in [0.4, 0.5) is 0 Å². The van der Waals surface area contributed by atoms with Gasteiger partial charge < -0.3 is 10.6 Å². The van der Waals surface area contributed by atoms with Crippen molar-refractivity contribution in [3.05, 3.63) is 0 Å². The maximum atomic E-state index is 3.59. The third kappa shape index (κ3) is 5.53. The van der Waals surface area contributed by atoms with Crippen LogP contribution in [0.15, 0.2) is 0 Å². The van der Waals surface area contributed by atoms with Crippen molar-refractivity contribution in [2.24, 2.45) is 5.41 Å². The van der Waals surface area contributed by atoms with Crippen LogP contribution in [0.2, 0.25) is 0 Å². The van der Waals surface area contributed by atoms with Crippen molar-refractivity contribution in [2.45, 2.75) is 58.9 Å². The van der Waals surface area contributed by atoms with Crippen molar-refractivity contribution in [2.75, 3.05) is 19.6 Å². The zero-order valence-electron chi connectivity index (χ0n) is 10.7. The van der Waals surface area contributed by atoms with Gasteiger partial charge >= 0.3 is 0 Å². The summed E-state index contributed by atoms with van der Waals surface area (Å²) in [6.45, 7) is 10.4. The smallest absolute Gasteiger partial charge is 0.00103 e. The second-order valence-electron chi connectivity index (χ2n) is 5.66. The minimum absolute atomic E-state index is 0.631. The lowest BCUT2D eigenvalue weighted by molar-refractivity contribution is 0.157. The van der Waals surface area contributed by atoms with Crippen LogP contribution >= 0.6 is 0 Å². The third-order valence-electron chi connectivity index (χ3n) is 3.45. The molecule has 0 aromatic carbocycles. The van der Waals surface area contributed by atoms with E-state index < -0.39 is 0 Å². The van der Waals surface area contributed by atoms with Crippen molar-refractivity contribution in [3.63, 3.8) is 0 Å². The zero-order chi connectivity index (χ0) is 11.1. The van der Waals surface area contributed by atoms with Crippen molar-refractivity contribution in [3.8, 4) is 0 Å². The molecule has 0 radical (unpaired) electrons. The quantitative estimate of drug-likeness (QED) is 0.604. The summed E-state index contributed by atoms with van der Waals surface area (Å²) in [5.74, 6) is 0. The molecule has 90 valence electrons. The molecular formula is C13H28N2. The first-order chi connectivity index (χ1) is 7.12. The van der Waals surface area contributed by atoms with E-state index in [1.54, 1.807) is 0 Å². The van der Waals surface area contributed by atoms with Crippen LogP contribution in [-0.4, -0.2) is 25.7 Å². The Morgan fingerprint density at radius 3 is 2.33 bits per heavy atom. The highest BCUT2D eigenvalue weighted by atomic mass is 14.9. The molecule has 0 aromatic heterocycles. The highest BCUT2D eigenvalue weighted by Crippen LogP contribution is 2.39. The molecule has 15 heavy (non-hydrogen) atoms. The van der Waals surface area contributed by atoms with Gasteiger partial charge in [-0.3, -0.25) is 0 Å². The molecule has 0 spiro atoms. The molecule has 0 unspecified atom stereocenters. The van der Waals surface area contributed by atoms with E-state index in [4.69, 9.17) is 0 Å². The van der Waals surface area contributed by atoms with E-state index in [1.165, 1.54) is 45.2 Å². The van der Waals surface area contributed by atoms with Gasteiger partial charge in [-0.05, 0) is 44.2 Å². The Bertz CT molecular complexity index is 162. The van der Waals surface area contributed by atoms with Crippen LogP contribution in [0.3, 0.4) is 0 Å². The monoisotopic (exact) mass is 212 g/mol. The fourth-order valence-corrected chi connectivity index (χ4v) is 2.11. The van der Waals surface area contributed by atoms with Gasteiger partial charge in [0, 0.05) is 12.6 Å². The second kappa shape index (κ2) is 6.49. The summed E-state index contributed by atoms with van der Waals surface area (Å²) in [4.78, 5) is 0. The first kappa shape index (κ1) is 13.0. The summed E-state index contributed by atoms with van der Waals surface area (Å²) >= 11 is 0. The van der Waals surface area contributed by atoms with Crippen LogP contribution in [0.5, 0.6) is 0 Å². The summed E-state index contributed by atoms with van der Waals surface area (Å²) < 4.78 is 0. The standard InChI is InChI=1S/C13H28N2/c1-12(2)15-10-5-4-9-14-11-13(3)7-6-8-13/h12,14-15H,4-11H2,1-3H3. The average molecular weight is 212 g/mol. The molecule has 1 aliphatic rings. The molecule has 0 saturated heterocycles. The van der Waals surface area contributed by atoms with Gasteiger partial charge in [-0.25, -0.2) is 0 Å². The highest BCUT2D eigenvalue weighted by Gasteiger charge is 2.30. The van der Waals surface area contributed by atoms with Crippen LogP contribution in [0.1, 0.15) is 52.9 Å². The van der Waals surface area contributed by atoms with Gasteiger partial charge in [-0.1, -0.05) is 27.2 Å². The van der Waals surface area contributed by atoms with Crippen LogP contribution in [0.25, 0.3) is 0 Å². The van der Waals surface area contributed by atoms with E-state index in [0.717, 1.165) is 6.54 Å². The second-order valence-corrected chi connectivity index (χ2v) is 5.66. The summed E-state index contributed by atoms with van der Waals surface area (Å²) in [7, 11) is 0. The van der Waals surface area contributed by atoms with Crippen molar-refractivity contribution in [1.82, 2.24) is 10.6 Å². The molecule has 0 amide bonds. The fraction of sp³-hybridized carbons (Fsp3) is 1.00. The Balaban J connectivity index is 1.81. The van der Waals surface area contributed by atoms with Gasteiger partial charge in [0.05, 0.1) is 0 Å². The Morgan fingerprint density at radius 1 is 1.13 bits per heavy atom. The first-order valence-electron chi connectivity index (χ1n) is 6.56. The van der Waals surface area contributed by atoms with E-state index in [-0.39, 0.29) is 0 Å². The third-order valence-corrected chi connectivity index (χ3v) is 3.45. The van der Waals surface area contributed by atoms with E-state index >= 15 is 0 Å². The van der Waals surface area contributed by atoms with E-state index in [1.807, 2.05) is 0 Å². The summed E-state index contributed by atoms with van der Waals surface area (Å²) in [6, 6.07) is 0.631. The van der Waals surface area contributed by atoms with Crippen LogP contribution < -0.4 is 10.6 Å². The van der Waals surface area contributed by atoms with Crippen LogP contribution in [0, 0.1) is 5.41 Å². The molecule has 2 N–H and O–H groups in total. The normalized spacial score (nSPS) is 19.2. The van der Waals surface area contributed by atoms with E-state index in [2.05, 4.69) is 31.4 Å². The molecule has 1 fully saturated rings. The van der Waals surface area contributed by atoms with Gasteiger partial charge in [-0.2, -0.15) is 0 Å². The molecule has 0 aromatic rings. The van der Waals surface area contributed by atoms with Crippen molar-refractivity contribution < 1.29 is 0 Å². The largest absolute Gasteiger partial charge is 0.316 e. The molecule has 0 aliphatic heterocycles. The Labute approximate surface area is 95.2 Å². The van der Waals surface area contributed by atoms with Gasteiger partial charge in [0.2, 0.25) is 0 Å². The predicted molar refractivity (Wildman–Crippen MR) is 67.2 cm³/mol. The maximum absolute atomic E-state index is 3.59. The summed E-state index contributed by atoms with van der Waals surface area (Å²) in [5.41, 5.74) is 0.635. The predicted octanol–water partition coefficient (Wildman–Crippen LogP) is 2.54. The molecule has 0 heterocycles. The highest BCUT2D eigenvalue weighted by molar-refractivity contribution is 4.84. The topological polar surface area (TPSA) is 24.1 Å². The molecular weight excluding hydrogens is 184 g/mol. The minimum atomic E-state index is 0.631. The molecule has 2 heteroatoms. The van der Waals surface area contributed by atoms with Crippen molar-refractivity contribution in [1.29, 1.82) is 0 Å². The van der Waals surface area contributed by atoms with E-state index in [9.17, 15) is 0 Å². The van der Waals surface area contributed by atoms with Crippen molar-refractivity contribution >= 4 is 0 Å². The number of unbranched alkanes of at least 4 members (excludes halogenated alkanes) is 1. The molecule has 0 atom stereocenters. The minimum Gasteiger partial charge on any atom is -0.316 e. The molecule has 1 aliphatic carbocycles. The summed E-state index contributed by atoms with van der Waals surface area (Å²) in [6.07, 6.45) is 6.89.